The van der Waals surface area contributed by atoms with E-state index in [2.05, 4.69) is 36.1 Å². The second-order valence-electron chi connectivity index (χ2n) is 5.02. The molecule has 0 aliphatic rings. The highest BCUT2D eigenvalue weighted by Gasteiger charge is 2.16. The minimum absolute atomic E-state index is 0.0742. The Hall–Kier alpha value is -1.23. The van der Waals surface area contributed by atoms with Gasteiger partial charge in [-0.15, -0.1) is 0 Å². The number of hydrogen-bond donors (Lipinski definition) is 2. The molecule has 16 heavy (non-hydrogen) atoms. The second kappa shape index (κ2) is 5.21. The zero-order valence-corrected chi connectivity index (χ0v) is 9.87. The van der Waals surface area contributed by atoms with Crippen molar-refractivity contribution in [3.8, 4) is 0 Å². The van der Waals surface area contributed by atoms with Crippen molar-refractivity contribution in [3.63, 3.8) is 0 Å². The third kappa shape index (κ3) is 5.02. The fourth-order valence-corrected chi connectivity index (χ4v) is 1.39. The Kier molecular flexibility index (Phi) is 4.18. The quantitative estimate of drug-likeness (QED) is 0.823. The number of aliphatic hydroxyl groups is 1. The number of aliphatic hydroxyl groups excluding tert-OH is 1. The third-order valence-corrected chi connectivity index (χ3v) is 1.96. The van der Waals surface area contributed by atoms with E-state index in [1.807, 2.05) is 0 Å². The first-order valence-corrected chi connectivity index (χ1v) is 5.26. The van der Waals surface area contributed by atoms with Crippen molar-refractivity contribution in [2.24, 2.45) is 5.41 Å². The average molecular weight is 227 g/mol. The maximum atomic E-state index is 12.5. The fourth-order valence-electron chi connectivity index (χ4n) is 1.39. The maximum Gasteiger partial charge on any atom is 0.222 e. The largest absolute Gasteiger partial charge is 0.391 e. The van der Waals surface area contributed by atoms with E-state index >= 15 is 0 Å². The van der Waals surface area contributed by atoms with E-state index in [1.165, 1.54) is 0 Å². The van der Waals surface area contributed by atoms with E-state index in [-0.39, 0.29) is 5.41 Å². The van der Waals surface area contributed by atoms with Gasteiger partial charge in [-0.25, -0.2) is 14.4 Å². The molecule has 5 heteroatoms. The molecule has 2 N–H and O–H groups in total. The van der Waals surface area contributed by atoms with Gasteiger partial charge in [-0.05, 0) is 11.8 Å². The zero-order valence-electron chi connectivity index (χ0n) is 9.87. The van der Waals surface area contributed by atoms with Gasteiger partial charge in [-0.1, -0.05) is 20.8 Å². The third-order valence-electron chi connectivity index (χ3n) is 1.96. The summed E-state index contributed by atoms with van der Waals surface area (Å²) >= 11 is 0. The molecule has 0 saturated carbocycles. The van der Waals surface area contributed by atoms with Gasteiger partial charge < -0.3 is 10.4 Å². The van der Waals surface area contributed by atoms with E-state index in [4.69, 9.17) is 0 Å². The van der Waals surface area contributed by atoms with Crippen LogP contribution in [-0.4, -0.2) is 27.7 Å². The number of hydrogen-bond acceptors (Lipinski definition) is 4. The minimum Gasteiger partial charge on any atom is -0.391 e. The lowest BCUT2D eigenvalue weighted by Gasteiger charge is -2.22. The van der Waals surface area contributed by atoms with Gasteiger partial charge >= 0.3 is 0 Å². The average Bonchev–Trinajstić information content (AvgIpc) is 2.14. The van der Waals surface area contributed by atoms with Crippen molar-refractivity contribution < 1.29 is 9.50 Å². The first kappa shape index (κ1) is 12.8. The van der Waals surface area contributed by atoms with Crippen LogP contribution < -0.4 is 5.32 Å². The van der Waals surface area contributed by atoms with Crippen LogP contribution in [0.25, 0.3) is 0 Å². The van der Waals surface area contributed by atoms with Crippen LogP contribution in [0.4, 0.5) is 10.3 Å². The number of nitrogens with zero attached hydrogens (tertiary/aromatic N) is 2. The molecule has 1 aromatic rings. The molecule has 1 rings (SSSR count). The summed E-state index contributed by atoms with van der Waals surface area (Å²) in [5, 5.41) is 12.6. The second-order valence-corrected chi connectivity index (χ2v) is 5.02. The van der Waals surface area contributed by atoms with Crippen LogP contribution in [0.3, 0.4) is 0 Å². The molecular formula is C11H18FN3O. The van der Waals surface area contributed by atoms with E-state index < -0.39 is 11.9 Å². The molecular weight excluding hydrogens is 209 g/mol. The van der Waals surface area contributed by atoms with Gasteiger partial charge in [-0.2, -0.15) is 0 Å². The van der Waals surface area contributed by atoms with Crippen LogP contribution in [0, 0.1) is 11.2 Å². The molecule has 0 saturated heterocycles. The zero-order chi connectivity index (χ0) is 12.2. The monoisotopic (exact) mass is 227 g/mol. The first-order valence-electron chi connectivity index (χ1n) is 5.26. The Balaban J connectivity index is 2.37. The molecule has 0 bridgehead atoms. The van der Waals surface area contributed by atoms with Gasteiger partial charge in [0.2, 0.25) is 5.95 Å². The number of anilines is 1. The van der Waals surface area contributed by atoms with Crippen molar-refractivity contribution >= 4 is 5.95 Å². The highest BCUT2D eigenvalue weighted by Crippen LogP contribution is 2.20. The summed E-state index contributed by atoms with van der Waals surface area (Å²) in [4.78, 5) is 7.48. The van der Waals surface area contributed by atoms with Gasteiger partial charge in [0.25, 0.3) is 0 Å². The molecule has 1 heterocycles. The van der Waals surface area contributed by atoms with Gasteiger partial charge in [0.05, 0.1) is 18.5 Å². The van der Waals surface area contributed by atoms with Gasteiger partial charge in [0.1, 0.15) is 0 Å². The van der Waals surface area contributed by atoms with E-state index in [1.54, 1.807) is 0 Å². The van der Waals surface area contributed by atoms with Crippen LogP contribution in [-0.2, 0) is 0 Å². The Morgan fingerprint density at radius 3 is 2.44 bits per heavy atom. The topological polar surface area (TPSA) is 58.0 Å². The van der Waals surface area contributed by atoms with Crippen molar-refractivity contribution in [2.45, 2.75) is 33.3 Å². The van der Waals surface area contributed by atoms with Crippen molar-refractivity contribution in [2.75, 3.05) is 11.9 Å². The summed E-state index contributed by atoms with van der Waals surface area (Å²) in [5.41, 5.74) is 0.0742. The van der Waals surface area contributed by atoms with E-state index in [0.29, 0.717) is 18.9 Å². The van der Waals surface area contributed by atoms with Crippen LogP contribution in [0.2, 0.25) is 0 Å². The lowest BCUT2D eigenvalue weighted by atomic mass is 9.89. The number of nitrogens with one attached hydrogen (secondary N) is 1. The maximum absolute atomic E-state index is 12.5. The van der Waals surface area contributed by atoms with Crippen LogP contribution in [0.5, 0.6) is 0 Å². The fraction of sp³-hybridized carbons (Fsp3) is 0.636. The molecule has 0 aliphatic heterocycles. The molecule has 90 valence electrons. The van der Waals surface area contributed by atoms with Crippen molar-refractivity contribution in [3.05, 3.63) is 18.2 Å². The van der Waals surface area contributed by atoms with E-state index in [9.17, 15) is 9.50 Å². The minimum atomic E-state index is -0.471. The van der Waals surface area contributed by atoms with E-state index in [0.717, 1.165) is 12.4 Å². The molecule has 4 nitrogen and oxygen atoms in total. The Labute approximate surface area is 94.9 Å². The molecule has 1 atom stereocenters. The summed E-state index contributed by atoms with van der Waals surface area (Å²) in [6.45, 7) is 6.54. The summed E-state index contributed by atoms with van der Waals surface area (Å²) in [6, 6.07) is 0. The molecule has 0 radical (unpaired) electrons. The lowest BCUT2D eigenvalue weighted by Crippen LogP contribution is -2.25. The Morgan fingerprint density at radius 2 is 1.94 bits per heavy atom. The summed E-state index contributed by atoms with van der Waals surface area (Å²) in [7, 11) is 0. The molecule has 0 aliphatic carbocycles. The van der Waals surface area contributed by atoms with Crippen LogP contribution in [0.1, 0.15) is 27.2 Å². The number of rotatable bonds is 4. The number of halogens is 1. The standard InChI is InChI=1S/C11H18FN3O/c1-11(2,3)4-9(16)7-15-10-13-5-8(12)6-14-10/h5-6,9,16H,4,7H2,1-3H3,(H,13,14,15). The Bertz CT molecular complexity index is 321. The van der Waals surface area contributed by atoms with Crippen LogP contribution >= 0.6 is 0 Å². The number of aromatic nitrogens is 2. The highest BCUT2D eigenvalue weighted by molar-refractivity contribution is 5.22. The van der Waals surface area contributed by atoms with Gasteiger partial charge in [0.15, 0.2) is 5.82 Å². The van der Waals surface area contributed by atoms with Gasteiger partial charge in [-0.3, -0.25) is 0 Å². The summed E-state index contributed by atoms with van der Waals surface area (Å²) < 4.78 is 12.5. The summed E-state index contributed by atoms with van der Waals surface area (Å²) in [5.74, 6) is -0.143. The Morgan fingerprint density at radius 1 is 1.38 bits per heavy atom. The predicted molar refractivity (Wildman–Crippen MR) is 60.6 cm³/mol. The summed E-state index contributed by atoms with van der Waals surface area (Å²) in [6.07, 6.45) is 2.40. The first-order chi connectivity index (χ1) is 7.37. The highest BCUT2D eigenvalue weighted by atomic mass is 19.1. The SMILES string of the molecule is CC(C)(C)CC(O)CNc1ncc(F)cn1. The lowest BCUT2D eigenvalue weighted by molar-refractivity contribution is 0.132. The molecule has 0 spiro atoms. The molecule has 0 fully saturated rings. The smallest absolute Gasteiger partial charge is 0.222 e. The molecule has 0 aromatic carbocycles. The van der Waals surface area contributed by atoms with Crippen molar-refractivity contribution in [1.29, 1.82) is 0 Å². The van der Waals surface area contributed by atoms with Crippen molar-refractivity contribution in [1.82, 2.24) is 9.97 Å². The molecule has 1 aromatic heterocycles. The molecule has 1 unspecified atom stereocenters. The van der Waals surface area contributed by atoms with Gasteiger partial charge in [0, 0.05) is 6.54 Å². The molecule has 0 amide bonds. The predicted octanol–water partition coefficient (Wildman–Crippen LogP) is 1.82. The normalized spacial score (nSPS) is 13.6. The van der Waals surface area contributed by atoms with Crippen LogP contribution in [0.15, 0.2) is 12.4 Å².